The van der Waals surface area contributed by atoms with E-state index >= 15 is 0 Å². The van der Waals surface area contributed by atoms with Crippen LogP contribution in [-0.2, 0) is 11.2 Å². The van der Waals surface area contributed by atoms with Gasteiger partial charge in [-0.15, -0.1) is 0 Å². The van der Waals surface area contributed by atoms with Gasteiger partial charge in [-0.05, 0) is 30.4 Å². The van der Waals surface area contributed by atoms with Gasteiger partial charge in [0, 0.05) is 17.0 Å². The summed E-state index contributed by atoms with van der Waals surface area (Å²) in [4.78, 5) is 24.3. The van der Waals surface area contributed by atoms with Gasteiger partial charge < -0.3 is 5.11 Å². The highest BCUT2D eigenvalue weighted by Crippen LogP contribution is 2.09. The first-order chi connectivity index (χ1) is 8.65. The SMILES string of the molecule is [N-]=[N+]=NCCCCc1ccc(C(=O)C(=O)O)cc1. The molecule has 0 aliphatic rings. The van der Waals surface area contributed by atoms with Gasteiger partial charge in [0.05, 0.1) is 0 Å². The number of ketones is 1. The summed E-state index contributed by atoms with van der Waals surface area (Å²) in [6.45, 7) is 0.478. The Morgan fingerprint density at radius 3 is 2.44 bits per heavy atom. The fraction of sp³-hybridized carbons (Fsp3) is 0.333. The van der Waals surface area contributed by atoms with E-state index in [0.717, 1.165) is 24.8 Å². The number of carbonyl (C=O) groups excluding carboxylic acids is 1. The van der Waals surface area contributed by atoms with Gasteiger partial charge in [0.1, 0.15) is 0 Å². The molecule has 1 aromatic carbocycles. The lowest BCUT2D eigenvalue weighted by atomic mass is 10.0. The van der Waals surface area contributed by atoms with E-state index in [-0.39, 0.29) is 5.56 Å². The maximum atomic E-state index is 11.1. The number of carboxylic acid groups (broad SMARTS) is 1. The largest absolute Gasteiger partial charge is 0.475 e. The van der Waals surface area contributed by atoms with Gasteiger partial charge in [-0.1, -0.05) is 29.4 Å². The minimum absolute atomic E-state index is 0.181. The molecule has 0 aromatic heterocycles. The minimum atomic E-state index is -1.45. The van der Waals surface area contributed by atoms with Crippen LogP contribution in [-0.4, -0.2) is 23.4 Å². The van der Waals surface area contributed by atoms with Crippen LogP contribution in [0.1, 0.15) is 28.8 Å². The third kappa shape index (κ3) is 4.27. The molecule has 6 heteroatoms. The number of carboxylic acids is 1. The van der Waals surface area contributed by atoms with Crippen LogP contribution in [0, 0.1) is 0 Å². The third-order valence-electron chi connectivity index (χ3n) is 2.45. The van der Waals surface area contributed by atoms with Crippen molar-refractivity contribution >= 4 is 11.8 Å². The van der Waals surface area contributed by atoms with Gasteiger partial charge in [-0.25, -0.2) is 4.79 Å². The molecule has 0 aliphatic heterocycles. The number of aliphatic carboxylic acids is 1. The van der Waals surface area contributed by atoms with Crippen molar-refractivity contribution in [3.63, 3.8) is 0 Å². The zero-order valence-corrected chi connectivity index (χ0v) is 9.74. The highest BCUT2D eigenvalue weighted by molar-refractivity contribution is 6.39. The van der Waals surface area contributed by atoms with Crippen molar-refractivity contribution in [3.8, 4) is 0 Å². The maximum Gasteiger partial charge on any atom is 0.377 e. The van der Waals surface area contributed by atoms with Gasteiger partial charge in [0.2, 0.25) is 0 Å². The summed E-state index contributed by atoms with van der Waals surface area (Å²) in [5.74, 6) is -2.35. The second kappa shape index (κ2) is 7.09. The Bertz CT molecular complexity index is 476. The predicted molar refractivity (Wildman–Crippen MR) is 65.4 cm³/mol. The van der Waals surface area contributed by atoms with Gasteiger partial charge in [-0.2, -0.15) is 0 Å². The Morgan fingerprint density at radius 1 is 1.22 bits per heavy atom. The van der Waals surface area contributed by atoms with Crippen molar-refractivity contribution in [2.45, 2.75) is 19.3 Å². The average molecular weight is 247 g/mol. The molecule has 0 bridgehead atoms. The third-order valence-corrected chi connectivity index (χ3v) is 2.45. The van der Waals surface area contributed by atoms with Crippen LogP contribution >= 0.6 is 0 Å². The Morgan fingerprint density at radius 2 is 1.89 bits per heavy atom. The van der Waals surface area contributed by atoms with Gasteiger partial charge in [0.15, 0.2) is 0 Å². The number of benzene rings is 1. The molecule has 0 amide bonds. The number of hydrogen-bond acceptors (Lipinski definition) is 3. The van der Waals surface area contributed by atoms with E-state index in [1.165, 1.54) is 12.1 Å². The second-order valence-electron chi connectivity index (χ2n) is 3.74. The summed E-state index contributed by atoms with van der Waals surface area (Å²) >= 11 is 0. The van der Waals surface area contributed by atoms with E-state index in [0.29, 0.717) is 6.54 Å². The molecule has 0 unspecified atom stereocenters. The smallest absolute Gasteiger partial charge is 0.377 e. The highest BCUT2D eigenvalue weighted by atomic mass is 16.4. The molecule has 6 nitrogen and oxygen atoms in total. The summed E-state index contributed by atoms with van der Waals surface area (Å²) in [5, 5.41) is 12.0. The quantitative estimate of drug-likeness (QED) is 0.200. The standard InChI is InChI=1S/C12H13N3O3/c13-15-14-8-2-1-3-9-4-6-10(7-5-9)11(16)12(17)18/h4-7H,1-3,8H2,(H,17,18). The summed E-state index contributed by atoms with van der Waals surface area (Å²) in [6.07, 6.45) is 2.49. The zero-order valence-electron chi connectivity index (χ0n) is 9.74. The second-order valence-corrected chi connectivity index (χ2v) is 3.74. The Labute approximate surface area is 104 Å². The Balaban J connectivity index is 2.48. The molecule has 18 heavy (non-hydrogen) atoms. The number of hydrogen-bond donors (Lipinski definition) is 1. The molecule has 0 atom stereocenters. The monoisotopic (exact) mass is 247 g/mol. The summed E-state index contributed by atoms with van der Waals surface area (Å²) in [6, 6.07) is 6.51. The van der Waals surface area contributed by atoms with E-state index in [1.807, 2.05) is 0 Å². The molecule has 0 fully saturated rings. The number of rotatable bonds is 7. The minimum Gasteiger partial charge on any atom is -0.475 e. The molecule has 0 spiro atoms. The number of Topliss-reactive ketones (excluding diaryl/α,β-unsaturated/α-hetero) is 1. The first-order valence-electron chi connectivity index (χ1n) is 5.52. The molecule has 0 saturated heterocycles. The number of carbonyl (C=O) groups is 2. The molecule has 0 saturated carbocycles. The maximum absolute atomic E-state index is 11.1. The first-order valence-corrected chi connectivity index (χ1v) is 5.52. The van der Waals surface area contributed by atoms with Crippen molar-refractivity contribution < 1.29 is 14.7 Å². The van der Waals surface area contributed by atoms with E-state index in [2.05, 4.69) is 10.0 Å². The lowest BCUT2D eigenvalue weighted by Gasteiger charge is -2.01. The van der Waals surface area contributed by atoms with E-state index in [4.69, 9.17) is 10.6 Å². The fourth-order valence-corrected chi connectivity index (χ4v) is 1.50. The van der Waals surface area contributed by atoms with Crippen LogP contribution in [0.3, 0.4) is 0 Å². The van der Waals surface area contributed by atoms with Crippen molar-refractivity contribution in [1.29, 1.82) is 0 Å². The molecule has 1 aromatic rings. The number of nitrogens with zero attached hydrogens (tertiary/aromatic N) is 3. The molecule has 1 N–H and O–H groups in total. The lowest BCUT2D eigenvalue weighted by Crippen LogP contribution is -2.12. The van der Waals surface area contributed by atoms with E-state index < -0.39 is 11.8 Å². The molecule has 94 valence electrons. The molecule has 0 radical (unpaired) electrons. The fourth-order valence-electron chi connectivity index (χ4n) is 1.50. The van der Waals surface area contributed by atoms with E-state index in [1.54, 1.807) is 12.1 Å². The molecular weight excluding hydrogens is 234 g/mol. The van der Waals surface area contributed by atoms with Crippen molar-refractivity contribution in [3.05, 3.63) is 45.8 Å². The first kappa shape index (κ1) is 13.7. The Hall–Kier alpha value is -2.33. The highest BCUT2D eigenvalue weighted by Gasteiger charge is 2.13. The predicted octanol–water partition coefficient (Wildman–Crippen LogP) is 2.59. The summed E-state index contributed by atoms with van der Waals surface area (Å²) < 4.78 is 0. The van der Waals surface area contributed by atoms with Gasteiger partial charge in [0.25, 0.3) is 5.78 Å². The van der Waals surface area contributed by atoms with Crippen LogP contribution in [0.2, 0.25) is 0 Å². The molecule has 0 heterocycles. The summed E-state index contributed by atoms with van der Waals surface area (Å²) in [5.41, 5.74) is 9.30. The van der Waals surface area contributed by atoms with Gasteiger partial charge in [-0.3, -0.25) is 4.79 Å². The lowest BCUT2D eigenvalue weighted by molar-refractivity contribution is -0.131. The Kier molecular flexibility index (Phi) is 5.41. The topological polar surface area (TPSA) is 103 Å². The number of unbranched alkanes of at least 4 members (excludes halogenated alkanes) is 1. The van der Waals surface area contributed by atoms with Crippen LogP contribution in [0.5, 0.6) is 0 Å². The van der Waals surface area contributed by atoms with Crippen molar-refractivity contribution in [1.82, 2.24) is 0 Å². The zero-order chi connectivity index (χ0) is 13.4. The summed E-state index contributed by atoms with van der Waals surface area (Å²) in [7, 11) is 0. The van der Waals surface area contributed by atoms with E-state index in [9.17, 15) is 9.59 Å². The number of azide groups is 1. The van der Waals surface area contributed by atoms with Crippen molar-refractivity contribution in [2.24, 2.45) is 5.11 Å². The van der Waals surface area contributed by atoms with Gasteiger partial charge >= 0.3 is 5.97 Å². The molecular formula is C12H13N3O3. The molecule has 0 aliphatic carbocycles. The van der Waals surface area contributed by atoms with Crippen LogP contribution in [0.4, 0.5) is 0 Å². The van der Waals surface area contributed by atoms with Crippen LogP contribution < -0.4 is 0 Å². The normalized spacial score (nSPS) is 9.56. The van der Waals surface area contributed by atoms with Crippen LogP contribution in [0.25, 0.3) is 10.4 Å². The van der Waals surface area contributed by atoms with Crippen molar-refractivity contribution in [2.75, 3.05) is 6.54 Å². The average Bonchev–Trinajstić information content (AvgIpc) is 2.38. The molecule has 1 rings (SSSR count). The van der Waals surface area contributed by atoms with Crippen LogP contribution in [0.15, 0.2) is 29.4 Å². The number of aryl methyl sites for hydroxylation is 1.